The zero-order chi connectivity index (χ0) is 5.28. The molecule has 0 aromatic carbocycles. The Kier molecular flexibility index (Phi) is 1.46. The highest BCUT2D eigenvalue weighted by atomic mass is 32.2. The predicted molar refractivity (Wildman–Crippen MR) is 35.3 cm³/mol. The molecule has 0 fully saturated rings. The molecule has 0 radical (unpaired) electrons. The molecule has 0 amide bonds. The maximum absolute atomic E-state index is 4.72. The van der Waals surface area contributed by atoms with Crippen molar-refractivity contribution in [2.24, 2.45) is 0 Å². The van der Waals surface area contributed by atoms with E-state index in [2.05, 4.69) is 17.9 Å². The topological polar surface area (TPSA) is 17.8 Å². The lowest BCUT2D eigenvalue weighted by Gasteiger charge is -1.72. The summed E-state index contributed by atoms with van der Waals surface area (Å²) in [7, 11) is 0. The van der Waals surface area contributed by atoms with Gasteiger partial charge in [0.15, 0.2) is 0 Å². The zero-order valence-electron chi connectivity index (χ0n) is 3.24. The zero-order valence-corrected chi connectivity index (χ0v) is 5.76. The van der Waals surface area contributed by atoms with E-state index in [1.165, 1.54) is 15.0 Å². The third-order valence-electron chi connectivity index (χ3n) is 0.434. The first kappa shape index (κ1) is 5.27. The Morgan fingerprint density at radius 1 is 2.00 bits per heavy atom. The number of thiol groups is 1. The van der Waals surface area contributed by atoms with E-state index < -0.39 is 0 Å². The van der Waals surface area contributed by atoms with Crippen LogP contribution >= 0.6 is 36.6 Å². The summed E-state index contributed by atoms with van der Waals surface area (Å²) >= 11 is 9.91. The van der Waals surface area contributed by atoms with Gasteiger partial charge in [0, 0.05) is 0 Å². The fourth-order valence-corrected chi connectivity index (χ4v) is 1.31. The van der Waals surface area contributed by atoms with E-state index in [1.807, 2.05) is 0 Å². The van der Waals surface area contributed by atoms with Gasteiger partial charge < -0.3 is 0 Å². The summed E-state index contributed by atoms with van der Waals surface area (Å²) in [6, 6.07) is 0. The van der Waals surface area contributed by atoms with Crippen molar-refractivity contribution in [2.75, 3.05) is 0 Å². The maximum atomic E-state index is 4.72. The first-order chi connectivity index (χ1) is 3.29. The van der Waals surface area contributed by atoms with E-state index in [0.717, 1.165) is 3.82 Å². The molecule has 1 aromatic heterocycles. The molecule has 1 aromatic rings. The molecule has 0 saturated heterocycles. The van der Waals surface area contributed by atoms with Crippen molar-refractivity contribution in [1.29, 1.82) is 0 Å². The van der Waals surface area contributed by atoms with Crippen molar-refractivity contribution in [3.8, 4) is 0 Å². The number of rotatable bonds is 0. The molecule has 1 rings (SSSR count). The fourth-order valence-electron chi connectivity index (χ4n) is 0.224. The minimum atomic E-state index is 0.759. The molecule has 5 heteroatoms. The van der Waals surface area contributed by atoms with Crippen LogP contribution in [0.25, 0.3) is 0 Å². The highest BCUT2D eigenvalue weighted by molar-refractivity contribution is 7.81. The molecule has 38 valence electrons. The molecule has 0 saturated carbocycles. The Morgan fingerprint density at radius 2 is 2.71 bits per heavy atom. The van der Waals surface area contributed by atoms with E-state index >= 15 is 0 Å². The molecule has 0 bridgehead atoms. The minimum Gasteiger partial charge on any atom is -0.161 e. The quantitative estimate of drug-likeness (QED) is 0.444. The predicted octanol–water partition coefficient (Wildman–Crippen LogP) is 1.37. The van der Waals surface area contributed by atoms with E-state index in [-0.39, 0.29) is 0 Å². The van der Waals surface area contributed by atoms with Gasteiger partial charge in [-0.2, -0.15) is 8.58 Å². The fraction of sp³-hybridized carbons (Fsp3) is 0. The van der Waals surface area contributed by atoms with Crippen LogP contribution in [0.2, 0.25) is 0 Å². The van der Waals surface area contributed by atoms with Gasteiger partial charge in [-0.15, -0.1) is 0 Å². The van der Waals surface area contributed by atoms with Crippen LogP contribution in [0.4, 0.5) is 0 Å². The van der Waals surface area contributed by atoms with Crippen molar-refractivity contribution in [3.05, 3.63) is 10.0 Å². The van der Waals surface area contributed by atoms with Crippen LogP contribution in [0.5, 0.6) is 0 Å². The van der Waals surface area contributed by atoms with Gasteiger partial charge in [0.25, 0.3) is 0 Å². The van der Waals surface area contributed by atoms with E-state index in [9.17, 15) is 0 Å². The largest absolute Gasteiger partial charge is 0.161 e. The second-order valence-corrected chi connectivity index (χ2v) is 3.22. The average molecular weight is 150 g/mol. The van der Waals surface area contributed by atoms with Gasteiger partial charge in [-0.25, -0.2) is 0 Å². The monoisotopic (exact) mass is 150 g/mol. The molecule has 0 aliphatic heterocycles. The SMILES string of the molecule is S=c1cnn(S)s1. The van der Waals surface area contributed by atoms with Gasteiger partial charge in [0.1, 0.15) is 3.82 Å². The Labute approximate surface area is 55.5 Å². The summed E-state index contributed by atoms with van der Waals surface area (Å²) in [5, 5.41) is 3.71. The van der Waals surface area contributed by atoms with E-state index in [4.69, 9.17) is 12.2 Å². The van der Waals surface area contributed by atoms with Crippen LogP contribution in [-0.4, -0.2) is 8.58 Å². The molecule has 0 N–H and O–H groups in total. The summed E-state index contributed by atoms with van der Waals surface area (Å²) < 4.78 is 2.18. The highest BCUT2D eigenvalue weighted by Crippen LogP contribution is 1.98. The Hall–Kier alpha value is 0.130. The number of hydrogen-bond acceptors (Lipinski definition) is 4. The molecule has 0 aliphatic rings. The summed E-state index contributed by atoms with van der Waals surface area (Å²) in [6.07, 6.45) is 1.59. The normalized spacial score (nSPS) is 9.29. The standard InChI is InChI=1S/C2H2N2S3/c5-2-1-3-4(6)7-2/h1,6H. The molecule has 1 heterocycles. The van der Waals surface area contributed by atoms with Crippen LogP contribution in [0.3, 0.4) is 0 Å². The van der Waals surface area contributed by atoms with Crippen molar-refractivity contribution < 1.29 is 0 Å². The van der Waals surface area contributed by atoms with Crippen molar-refractivity contribution in [2.45, 2.75) is 0 Å². The van der Waals surface area contributed by atoms with Crippen LogP contribution in [0.15, 0.2) is 6.20 Å². The Bertz CT molecular complexity index is 199. The van der Waals surface area contributed by atoms with Crippen molar-refractivity contribution >= 4 is 36.6 Å². The maximum Gasteiger partial charge on any atom is 0.130 e. The van der Waals surface area contributed by atoms with Crippen molar-refractivity contribution in [1.82, 2.24) is 8.58 Å². The van der Waals surface area contributed by atoms with Crippen LogP contribution < -0.4 is 0 Å². The molecular weight excluding hydrogens is 148 g/mol. The lowest BCUT2D eigenvalue weighted by atomic mass is 11.0. The molecule has 7 heavy (non-hydrogen) atoms. The first-order valence-corrected chi connectivity index (χ1v) is 3.12. The van der Waals surface area contributed by atoms with Crippen LogP contribution in [0.1, 0.15) is 0 Å². The molecular formula is C2H2N2S3. The van der Waals surface area contributed by atoms with E-state index in [0.29, 0.717) is 0 Å². The minimum absolute atomic E-state index is 0.759. The van der Waals surface area contributed by atoms with Gasteiger partial charge in [-0.05, 0) is 24.3 Å². The smallest absolute Gasteiger partial charge is 0.130 e. The number of nitrogens with zero attached hydrogens (tertiary/aromatic N) is 2. The van der Waals surface area contributed by atoms with Gasteiger partial charge >= 0.3 is 0 Å². The van der Waals surface area contributed by atoms with Gasteiger partial charge in [-0.3, -0.25) is 0 Å². The molecule has 0 aliphatic carbocycles. The average Bonchev–Trinajstić information content (AvgIpc) is 1.87. The highest BCUT2D eigenvalue weighted by Gasteiger charge is 1.80. The lowest BCUT2D eigenvalue weighted by molar-refractivity contribution is 1.09. The summed E-state index contributed by atoms with van der Waals surface area (Å²) in [5.74, 6) is 0. The second kappa shape index (κ2) is 1.94. The summed E-state index contributed by atoms with van der Waals surface area (Å²) in [4.78, 5) is 0. The number of aromatic nitrogens is 2. The number of hydrogen-bond donors (Lipinski definition) is 1. The van der Waals surface area contributed by atoms with Gasteiger partial charge in [0.05, 0.1) is 6.20 Å². The van der Waals surface area contributed by atoms with Gasteiger partial charge in [-0.1, -0.05) is 12.2 Å². The van der Waals surface area contributed by atoms with Crippen LogP contribution in [0, 0.1) is 3.82 Å². The summed E-state index contributed by atoms with van der Waals surface area (Å²) in [5.41, 5.74) is 0. The summed E-state index contributed by atoms with van der Waals surface area (Å²) in [6.45, 7) is 0. The second-order valence-electron chi connectivity index (χ2n) is 0.908. The Balaban J connectivity index is 3.30. The Morgan fingerprint density at radius 3 is 2.86 bits per heavy atom. The van der Waals surface area contributed by atoms with Gasteiger partial charge in [0.2, 0.25) is 0 Å². The molecule has 0 spiro atoms. The van der Waals surface area contributed by atoms with E-state index in [1.54, 1.807) is 6.20 Å². The third kappa shape index (κ3) is 1.25. The van der Waals surface area contributed by atoms with Crippen LogP contribution in [-0.2, 0) is 0 Å². The first-order valence-electron chi connectivity index (χ1n) is 1.54. The lowest BCUT2D eigenvalue weighted by Crippen LogP contribution is -1.70. The molecule has 0 unspecified atom stereocenters. The third-order valence-corrected chi connectivity index (χ3v) is 1.65. The molecule has 2 nitrogen and oxygen atoms in total. The van der Waals surface area contributed by atoms with Crippen molar-refractivity contribution in [3.63, 3.8) is 0 Å². The molecule has 0 atom stereocenters.